The Bertz CT molecular complexity index is 534. The van der Waals surface area contributed by atoms with Gasteiger partial charge in [0.05, 0.1) is 13.2 Å². The van der Waals surface area contributed by atoms with Crippen LogP contribution in [-0.4, -0.2) is 36.6 Å². The smallest absolute Gasteiger partial charge is 0.119 e. The first-order valence-electron chi connectivity index (χ1n) is 7.76. The van der Waals surface area contributed by atoms with Crippen molar-refractivity contribution in [3.63, 3.8) is 0 Å². The van der Waals surface area contributed by atoms with E-state index in [0.717, 1.165) is 11.5 Å². The lowest BCUT2D eigenvalue weighted by Crippen LogP contribution is -2.18. The molecule has 0 heterocycles. The summed E-state index contributed by atoms with van der Waals surface area (Å²) >= 11 is 0. The number of hydrogen-bond acceptors (Lipinski definition) is 4. The molecule has 0 radical (unpaired) electrons. The second kappa shape index (κ2) is 7.99. The van der Waals surface area contributed by atoms with E-state index in [4.69, 9.17) is 19.7 Å². The van der Waals surface area contributed by atoms with Gasteiger partial charge in [-0.15, -0.1) is 0 Å². The molecular weight excluding hydrogens is 292 g/mol. The maximum absolute atomic E-state index is 8.79. The Morgan fingerprint density at radius 3 is 1.35 bits per heavy atom. The van der Waals surface area contributed by atoms with Crippen LogP contribution in [-0.2, 0) is 5.41 Å². The highest BCUT2D eigenvalue weighted by Crippen LogP contribution is 2.33. The van der Waals surface area contributed by atoms with E-state index < -0.39 is 0 Å². The highest BCUT2D eigenvalue weighted by atomic mass is 16.5. The largest absolute Gasteiger partial charge is 0.491 e. The average molecular weight is 316 g/mol. The minimum atomic E-state index is -0.148. The van der Waals surface area contributed by atoms with E-state index in [-0.39, 0.29) is 18.6 Å². The fourth-order valence-corrected chi connectivity index (χ4v) is 2.43. The van der Waals surface area contributed by atoms with Crippen LogP contribution < -0.4 is 9.47 Å². The first-order valence-corrected chi connectivity index (χ1v) is 7.76. The van der Waals surface area contributed by atoms with Gasteiger partial charge in [0.1, 0.15) is 24.7 Å². The van der Waals surface area contributed by atoms with Crippen molar-refractivity contribution in [3.05, 3.63) is 59.7 Å². The molecule has 0 aliphatic heterocycles. The third-order valence-electron chi connectivity index (χ3n) is 3.87. The van der Waals surface area contributed by atoms with E-state index in [1.807, 2.05) is 48.5 Å². The quantitative estimate of drug-likeness (QED) is 0.786. The number of hydrogen-bond donors (Lipinski definition) is 2. The first kappa shape index (κ1) is 17.3. The van der Waals surface area contributed by atoms with Crippen LogP contribution >= 0.6 is 0 Å². The Morgan fingerprint density at radius 1 is 0.696 bits per heavy atom. The lowest BCUT2D eigenvalue weighted by Gasteiger charge is -2.26. The number of ether oxygens (including phenoxy) is 2. The van der Waals surface area contributed by atoms with Crippen LogP contribution in [0.25, 0.3) is 0 Å². The molecule has 23 heavy (non-hydrogen) atoms. The Morgan fingerprint density at radius 2 is 1.04 bits per heavy atom. The zero-order valence-electron chi connectivity index (χ0n) is 13.7. The van der Waals surface area contributed by atoms with Crippen LogP contribution in [0.15, 0.2) is 48.5 Å². The maximum atomic E-state index is 8.79. The van der Waals surface area contributed by atoms with E-state index in [1.165, 1.54) is 11.1 Å². The Hall–Kier alpha value is -2.04. The van der Waals surface area contributed by atoms with Crippen molar-refractivity contribution >= 4 is 0 Å². The zero-order chi connectivity index (χ0) is 16.7. The van der Waals surface area contributed by atoms with Gasteiger partial charge < -0.3 is 19.7 Å². The van der Waals surface area contributed by atoms with Crippen LogP contribution in [0.4, 0.5) is 0 Å². The van der Waals surface area contributed by atoms with E-state index in [1.54, 1.807) is 0 Å². The lowest BCUT2D eigenvalue weighted by molar-refractivity contribution is 0.201. The van der Waals surface area contributed by atoms with Gasteiger partial charge in [0.15, 0.2) is 0 Å². The summed E-state index contributed by atoms with van der Waals surface area (Å²) in [5.74, 6) is 1.51. The van der Waals surface area contributed by atoms with E-state index in [0.29, 0.717) is 13.2 Å². The van der Waals surface area contributed by atoms with Gasteiger partial charge in [-0.2, -0.15) is 0 Å². The van der Waals surface area contributed by atoms with Crippen LogP contribution in [0.2, 0.25) is 0 Å². The molecule has 0 spiro atoms. The zero-order valence-corrected chi connectivity index (χ0v) is 13.7. The van der Waals surface area contributed by atoms with Crippen molar-refractivity contribution in [3.8, 4) is 11.5 Å². The lowest BCUT2D eigenvalue weighted by atomic mass is 9.78. The average Bonchev–Trinajstić information content (AvgIpc) is 2.59. The minimum absolute atomic E-state index is 0.0119. The van der Waals surface area contributed by atoms with Gasteiger partial charge in [0, 0.05) is 5.41 Å². The van der Waals surface area contributed by atoms with Gasteiger partial charge in [-0.1, -0.05) is 38.1 Å². The molecule has 0 saturated heterocycles. The molecule has 0 unspecified atom stereocenters. The maximum Gasteiger partial charge on any atom is 0.119 e. The van der Waals surface area contributed by atoms with Gasteiger partial charge in [0.2, 0.25) is 0 Å². The molecular formula is C19H24O4. The summed E-state index contributed by atoms with van der Waals surface area (Å²) in [6.45, 7) is 4.96. The van der Waals surface area contributed by atoms with Gasteiger partial charge in [0.25, 0.3) is 0 Å². The molecule has 0 aliphatic rings. The summed E-state index contributed by atoms with van der Waals surface area (Å²) in [7, 11) is 0. The molecule has 0 aliphatic carbocycles. The summed E-state index contributed by atoms with van der Waals surface area (Å²) in [6, 6.07) is 15.9. The molecule has 0 atom stereocenters. The molecule has 0 amide bonds. The van der Waals surface area contributed by atoms with Crippen LogP contribution in [0.3, 0.4) is 0 Å². The number of benzene rings is 2. The minimum Gasteiger partial charge on any atom is -0.491 e. The fraction of sp³-hybridized carbons (Fsp3) is 0.368. The molecule has 4 nitrogen and oxygen atoms in total. The fourth-order valence-electron chi connectivity index (χ4n) is 2.43. The number of aliphatic hydroxyl groups is 2. The monoisotopic (exact) mass is 316 g/mol. The SMILES string of the molecule is CC(C)(c1ccc(OCCO)cc1)c1ccc(OCCO)cc1. The third-order valence-corrected chi connectivity index (χ3v) is 3.87. The topological polar surface area (TPSA) is 58.9 Å². The summed E-state index contributed by atoms with van der Waals surface area (Å²) in [5, 5.41) is 17.6. The van der Waals surface area contributed by atoms with E-state index >= 15 is 0 Å². The van der Waals surface area contributed by atoms with Gasteiger partial charge in [-0.05, 0) is 35.4 Å². The van der Waals surface area contributed by atoms with E-state index in [2.05, 4.69) is 13.8 Å². The molecule has 0 saturated carbocycles. The van der Waals surface area contributed by atoms with Crippen molar-refractivity contribution < 1.29 is 19.7 Å². The van der Waals surface area contributed by atoms with Crippen molar-refractivity contribution in [2.45, 2.75) is 19.3 Å². The van der Waals surface area contributed by atoms with Gasteiger partial charge in [-0.25, -0.2) is 0 Å². The van der Waals surface area contributed by atoms with Crippen molar-refractivity contribution in [1.29, 1.82) is 0 Å². The number of aliphatic hydroxyl groups excluding tert-OH is 2. The number of rotatable bonds is 8. The summed E-state index contributed by atoms with van der Waals surface area (Å²) < 4.78 is 10.8. The molecule has 124 valence electrons. The van der Waals surface area contributed by atoms with Crippen molar-refractivity contribution in [1.82, 2.24) is 0 Å². The van der Waals surface area contributed by atoms with Gasteiger partial charge in [-0.3, -0.25) is 0 Å². The highest BCUT2D eigenvalue weighted by molar-refractivity contribution is 5.41. The normalized spacial score (nSPS) is 11.3. The van der Waals surface area contributed by atoms with Crippen LogP contribution in [0.1, 0.15) is 25.0 Å². The second-order valence-electron chi connectivity index (χ2n) is 5.82. The standard InChI is InChI=1S/C19H24O4/c1-19(2,15-3-7-17(8-4-15)22-13-11-20)16-5-9-18(10-6-16)23-14-12-21/h3-10,20-21H,11-14H2,1-2H3. The Balaban J connectivity index is 2.13. The molecule has 2 rings (SSSR count). The molecule has 4 heteroatoms. The molecule has 2 aromatic carbocycles. The van der Waals surface area contributed by atoms with Crippen LogP contribution in [0, 0.1) is 0 Å². The summed E-state index contributed by atoms with van der Waals surface area (Å²) in [5.41, 5.74) is 2.21. The third kappa shape index (κ3) is 4.47. The Kier molecular flexibility index (Phi) is 6.02. The Labute approximate surface area is 137 Å². The van der Waals surface area contributed by atoms with Gasteiger partial charge >= 0.3 is 0 Å². The molecule has 0 fully saturated rings. The summed E-state index contributed by atoms with van der Waals surface area (Å²) in [6.07, 6.45) is 0. The predicted octanol–water partition coefficient (Wildman–Crippen LogP) is 2.75. The van der Waals surface area contributed by atoms with Crippen LogP contribution in [0.5, 0.6) is 11.5 Å². The predicted molar refractivity (Wildman–Crippen MR) is 90.2 cm³/mol. The van der Waals surface area contributed by atoms with Crippen molar-refractivity contribution in [2.24, 2.45) is 0 Å². The van der Waals surface area contributed by atoms with E-state index in [9.17, 15) is 0 Å². The molecule has 2 N–H and O–H groups in total. The second-order valence-corrected chi connectivity index (χ2v) is 5.82. The van der Waals surface area contributed by atoms with Crippen molar-refractivity contribution in [2.75, 3.05) is 26.4 Å². The first-order chi connectivity index (χ1) is 11.1. The molecule has 0 aromatic heterocycles. The molecule has 0 bridgehead atoms. The summed E-state index contributed by atoms with van der Waals surface area (Å²) in [4.78, 5) is 0. The highest BCUT2D eigenvalue weighted by Gasteiger charge is 2.23. The molecule has 2 aromatic rings.